The molecule has 1 aromatic rings. The van der Waals surface area contributed by atoms with E-state index in [0.717, 1.165) is 31.2 Å². The second-order valence-electron chi connectivity index (χ2n) is 6.74. The number of benzene rings is 1. The molecule has 6 nitrogen and oxygen atoms in total. The van der Waals surface area contributed by atoms with Crippen LogP contribution in [0.2, 0.25) is 0 Å². The van der Waals surface area contributed by atoms with Crippen molar-refractivity contribution in [2.24, 2.45) is 0 Å². The van der Waals surface area contributed by atoms with Gasteiger partial charge in [0.15, 0.2) is 6.10 Å². The zero-order valence-electron chi connectivity index (χ0n) is 14.5. The van der Waals surface area contributed by atoms with Crippen molar-refractivity contribution < 1.29 is 29.2 Å². The van der Waals surface area contributed by atoms with Gasteiger partial charge in [-0.25, -0.2) is 4.79 Å². The van der Waals surface area contributed by atoms with Gasteiger partial charge >= 0.3 is 5.97 Å². The summed E-state index contributed by atoms with van der Waals surface area (Å²) >= 11 is 0. The van der Waals surface area contributed by atoms with E-state index in [-0.39, 0.29) is 13.2 Å². The van der Waals surface area contributed by atoms with E-state index in [1.165, 1.54) is 0 Å². The third kappa shape index (κ3) is 4.20. The molecule has 2 heterocycles. The number of esters is 1. The largest absolute Gasteiger partial charge is 0.453 e. The minimum absolute atomic E-state index is 0.202. The predicted molar refractivity (Wildman–Crippen MR) is 90.2 cm³/mol. The average molecular weight is 350 g/mol. The highest BCUT2D eigenvalue weighted by Crippen LogP contribution is 2.29. The van der Waals surface area contributed by atoms with Crippen LogP contribution in [-0.2, 0) is 14.2 Å². The smallest absolute Gasteiger partial charge is 0.338 e. The van der Waals surface area contributed by atoms with Crippen LogP contribution in [0, 0.1) is 0 Å². The highest BCUT2D eigenvalue weighted by Gasteiger charge is 2.48. The first-order valence-electron chi connectivity index (χ1n) is 9.00. The van der Waals surface area contributed by atoms with Crippen LogP contribution in [0.4, 0.5) is 0 Å². The lowest BCUT2D eigenvalue weighted by atomic mass is 10.0. The first kappa shape index (κ1) is 18.3. The highest BCUT2D eigenvalue weighted by molar-refractivity contribution is 5.89. The van der Waals surface area contributed by atoms with E-state index in [0.29, 0.717) is 5.56 Å². The molecule has 0 radical (unpaired) electrons. The van der Waals surface area contributed by atoms with Crippen LogP contribution in [0.3, 0.4) is 0 Å². The molecule has 25 heavy (non-hydrogen) atoms. The van der Waals surface area contributed by atoms with Gasteiger partial charge in [0, 0.05) is 0 Å². The maximum absolute atomic E-state index is 12.3. The Morgan fingerprint density at radius 2 is 1.92 bits per heavy atom. The fourth-order valence-electron chi connectivity index (χ4n) is 3.35. The molecule has 2 saturated heterocycles. The number of fused-ring (bicyclic) bond motifs is 1. The second kappa shape index (κ2) is 8.27. The van der Waals surface area contributed by atoms with Gasteiger partial charge in [-0.2, -0.15) is 0 Å². The number of aliphatic hydroxyl groups excluding tert-OH is 2. The van der Waals surface area contributed by atoms with Crippen molar-refractivity contribution in [1.82, 2.24) is 0 Å². The molecule has 138 valence electrons. The Labute approximate surface area is 147 Å². The summed E-state index contributed by atoms with van der Waals surface area (Å²) in [4.78, 5) is 12.3. The molecule has 0 aliphatic carbocycles. The van der Waals surface area contributed by atoms with Crippen molar-refractivity contribution in [1.29, 1.82) is 0 Å². The fourth-order valence-corrected chi connectivity index (χ4v) is 3.35. The SMILES string of the molecule is CCCCCC(O)c1ccc(C(=O)O[C@@H]2CO[C@H]3[C@@H]2OC[C@H]3O)cc1. The molecule has 2 N–H and O–H groups in total. The number of unbranched alkanes of at least 4 members (excludes halogenated alkanes) is 2. The van der Waals surface area contributed by atoms with E-state index in [9.17, 15) is 15.0 Å². The maximum atomic E-state index is 12.3. The van der Waals surface area contributed by atoms with Crippen molar-refractivity contribution in [2.45, 2.75) is 63.1 Å². The number of hydrogen-bond acceptors (Lipinski definition) is 6. The molecule has 1 unspecified atom stereocenters. The Kier molecular flexibility index (Phi) is 6.06. The molecule has 1 aromatic carbocycles. The van der Waals surface area contributed by atoms with Crippen LogP contribution in [-0.4, -0.2) is 53.8 Å². The molecule has 0 spiro atoms. The van der Waals surface area contributed by atoms with Gasteiger partial charge in [0.05, 0.1) is 24.9 Å². The maximum Gasteiger partial charge on any atom is 0.338 e. The summed E-state index contributed by atoms with van der Waals surface area (Å²) in [6.45, 7) is 2.56. The number of hydrogen-bond donors (Lipinski definition) is 2. The van der Waals surface area contributed by atoms with Crippen LogP contribution in [0.15, 0.2) is 24.3 Å². The lowest BCUT2D eigenvalue weighted by molar-refractivity contribution is -0.0209. The summed E-state index contributed by atoms with van der Waals surface area (Å²) in [7, 11) is 0. The Balaban J connectivity index is 1.54. The van der Waals surface area contributed by atoms with E-state index in [4.69, 9.17) is 14.2 Å². The van der Waals surface area contributed by atoms with Gasteiger partial charge in [-0.1, -0.05) is 38.3 Å². The minimum Gasteiger partial charge on any atom is -0.453 e. The molecule has 0 saturated carbocycles. The van der Waals surface area contributed by atoms with Crippen LogP contribution >= 0.6 is 0 Å². The van der Waals surface area contributed by atoms with E-state index < -0.39 is 36.5 Å². The van der Waals surface area contributed by atoms with Gasteiger partial charge in [0.25, 0.3) is 0 Å². The number of carbonyl (C=O) groups excluding carboxylic acids is 1. The summed E-state index contributed by atoms with van der Waals surface area (Å²) in [6.07, 6.45) is 1.42. The summed E-state index contributed by atoms with van der Waals surface area (Å²) in [6, 6.07) is 6.85. The summed E-state index contributed by atoms with van der Waals surface area (Å²) in [5.74, 6) is -0.453. The predicted octanol–water partition coefficient (Wildman–Crippen LogP) is 1.98. The number of carbonyl (C=O) groups is 1. The fraction of sp³-hybridized carbons (Fsp3) is 0.632. The van der Waals surface area contributed by atoms with Crippen molar-refractivity contribution in [2.75, 3.05) is 13.2 Å². The molecule has 2 fully saturated rings. The second-order valence-corrected chi connectivity index (χ2v) is 6.74. The lowest BCUT2D eigenvalue weighted by Gasteiger charge is -2.17. The molecule has 2 aliphatic heterocycles. The van der Waals surface area contributed by atoms with E-state index >= 15 is 0 Å². The summed E-state index contributed by atoms with van der Waals surface area (Å²) < 4.78 is 16.4. The zero-order valence-corrected chi connectivity index (χ0v) is 14.5. The van der Waals surface area contributed by atoms with Crippen molar-refractivity contribution in [3.63, 3.8) is 0 Å². The molecule has 6 heteroatoms. The third-order valence-electron chi connectivity index (χ3n) is 4.85. The first-order chi connectivity index (χ1) is 12.1. The summed E-state index contributed by atoms with van der Waals surface area (Å²) in [5, 5.41) is 19.9. The van der Waals surface area contributed by atoms with Crippen molar-refractivity contribution in [3.05, 3.63) is 35.4 Å². The van der Waals surface area contributed by atoms with Gasteiger partial charge in [-0.3, -0.25) is 0 Å². The molecule has 5 atom stereocenters. The van der Waals surface area contributed by atoms with Gasteiger partial charge in [-0.05, 0) is 24.1 Å². The van der Waals surface area contributed by atoms with Gasteiger partial charge in [0.1, 0.15) is 18.3 Å². The van der Waals surface area contributed by atoms with Crippen molar-refractivity contribution >= 4 is 5.97 Å². The quantitative estimate of drug-likeness (QED) is 0.578. The monoisotopic (exact) mass is 350 g/mol. The molecule has 0 amide bonds. The third-order valence-corrected chi connectivity index (χ3v) is 4.85. The number of ether oxygens (including phenoxy) is 3. The van der Waals surface area contributed by atoms with Gasteiger partial charge in [0.2, 0.25) is 0 Å². The van der Waals surface area contributed by atoms with Crippen LogP contribution in [0.25, 0.3) is 0 Å². The number of rotatable bonds is 7. The molecular formula is C19H26O6. The van der Waals surface area contributed by atoms with Crippen LogP contribution < -0.4 is 0 Å². The Hall–Kier alpha value is -1.47. The van der Waals surface area contributed by atoms with Crippen LogP contribution in [0.5, 0.6) is 0 Å². The molecule has 3 rings (SSSR count). The average Bonchev–Trinajstić information content (AvgIpc) is 3.19. The van der Waals surface area contributed by atoms with Gasteiger partial charge in [-0.15, -0.1) is 0 Å². The number of aliphatic hydroxyl groups is 2. The van der Waals surface area contributed by atoms with Gasteiger partial charge < -0.3 is 24.4 Å². The summed E-state index contributed by atoms with van der Waals surface area (Å²) in [5.41, 5.74) is 1.23. The Morgan fingerprint density at radius 3 is 2.64 bits per heavy atom. The minimum atomic E-state index is -0.665. The lowest BCUT2D eigenvalue weighted by Crippen LogP contribution is -2.34. The standard InChI is InChI=1S/C19H26O6/c1-2-3-4-5-14(20)12-6-8-13(9-7-12)19(22)25-16-11-24-17-15(21)10-23-18(16)17/h6-9,14-18,20-21H,2-5,10-11H2,1H3/t14?,15-,16-,17-,18-/m1/s1. The van der Waals surface area contributed by atoms with Crippen LogP contribution in [0.1, 0.15) is 54.6 Å². The Morgan fingerprint density at radius 1 is 1.20 bits per heavy atom. The van der Waals surface area contributed by atoms with E-state index in [2.05, 4.69) is 6.92 Å². The highest BCUT2D eigenvalue weighted by atomic mass is 16.6. The molecule has 0 bridgehead atoms. The first-order valence-corrected chi connectivity index (χ1v) is 9.00. The zero-order chi connectivity index (χ0) is 17.8. The molecule has 0 aromatic heterocycles. The molecular weight excluding hydrogens is 324 g/mol. The van der Waals surface area contributed by atoms with E-state index in [1.807, 2.05) is 0 Å². The van der Waals surface area contributed by atoms with E-state index in [1.54, 1.807) is 24.3 Å². The topological polar surface area (TPSA) is 85.2 Å². The molecule has 2 aliphatic rings. The normalized spacial score (nSPS) is 29.4. The van der Waals surface area contributed by atoms with Crippen molar-refractivity contribution in [3.8, 4) is 0 Å². The Bertz CT molecular complexity index is 572.